The van der Waals surface area contributed by atoms with E-state index < -0.39 is 0 Å². The average molecular weight is 227 g/mol. The predicted molar refractivity (Wildman–Crippen MR) is 63.0 cm³/mol. The third-order valence-electron chi connectivity index (χ3n) is 2.60. The Morgan fingerprint density at radius 1 is 1.18 bits per heavy atom. The minimum Gasteiger partial charge on any atom is -0.508 e. The maximum absolute atomic E-state index is 13.7. The summed E-state index contributed by atoms with van der Waals surface area (Å²) in [5.74, 6) is -0.209. The summed E-state index contributed by atoms with van der Waals surface area (Å²) in [6.45, 7) is 1.74. The summed E-state index contributed by atoms with van der Waals surface area (Å²) in [5, 5.41) is 18.2. The zero-order valence-electron chi connectivity index (χ0n) is 9.24. The largest absolute Gasteiger partial charge is 0.508 e. The lowest BCUT2D eigenvalue weighted by molar-refractivity contribution is 0.471. The van der Waals surface area contributed by atoms with E-state index in [1.165, 1.54) is 24.3 Å². The van der Waals surface area contributed by atoms with Crippen LogP contribution in [0.3, 0.4) is 0 Å². The molecule has 0 saturated carbocycles. The molecule has 2 rings (SSSR count). The van der Waals surface area contributed by atoms with Gasteiger partial charge >= 0.3 is 0 Å². The summed E-state index contributed by atoms with van der Waals surface area (Å²) in [6, 6.07) is 11.0. The number of benzene rings is 2. The molecule has 0 spiro atoms. The highest BCUT2D eigenvalue weighted by Gasteiger charge is 2.07. The van der Waals surface area contributed by atoms with Gasteiger partial charge in [0.25, 0.3) is 0 Å². The van der Waals surface area contributed by atoms with Crippen molar-refractivity contribution in [1.82, 2.24) is 0 Å². The molecule has 0 heterocycles. The molecule has 0 saturated heterocycles. The molecule has 0 aliphatic rings. The number of hydrogen-bond donors (Lipinski definition) is 1. The fourth-order valence-electron chi connectivity index (χ4n) is 1.64. The number of aryl methyl sites for hydroxylation is 1. The SMILES string of the molecule is Cc1cc(-c2cc(C#N)ccc2F)ccc1O. The first-order valence-electron chi connectivity index (χ1n) is 5.11. The molecule has 0 unspecified atom stereocenters. The molecule has 0 bridgehead atoms. The quantitative estimate of drug-likeness (QED) is 0.811. The molecule has 0 fully saturated rings. The first kappa shape index (κ1) is 11.2. The zero-order valence-corrected chi connectivity index (χ0v) is 9.24. The van der Waals surface area contributed by atoms with Crippen LogP contribution in [0, 0.1) is 24.1 Å². The third-order valence-corrected chi connectivity index (χ3v) is 2.60. The number of aromatic hydroxyl groups is 1. The van der Waals surface area contributed by atoms with E-state index in [-0.39, 0.29) is 11.6 Å². The van der Waals surface area contributed by atoms with Crippen molar-refractivity contribution in [1.29, 1.82) is 5.26 Å². The van der Waals surface area contributed by atoms with Crippen LogP contribution in [-0.4, -0.2) is 5.11 Å². The van der Waals surface area contributed by atoms with Gasteiger partial charge in [-0.2, -0.15) is 5.26 Å². The molecule has 1 N–H and O–H groups in total. The van der Waals surface area contributed by atoms with E-state index >= 15 is 0 Å². The van der Waals surface area contributed by atoms with Crippen LogP contribution in [0.2, 0.25) is 0 Å². The number of rotatable bonds is 1. The molecule has 0 aromatic heterocycles. The molecule has 0 amide bonds. The maximum Gasteiger partial charge on any atom is 0.131 e. The van der Waals surface area contributed by atoms with E-state index in [1.807, 2.05) is 6.07 Å². The smallest absolute Gasteiger partial charge is 0.131 e. The standard InChI is InChI=1S/C14H10FNO/c1-9-6-11(3-5-14(9)17)12-7-10(8-16)2-4-13(12)15/h2-7,17H,1H3. The fraction of sp³-hybridized carbons (Fsp3) is 0.0714. The lowest BCUT2D eigenvalue weighted by Crippen LogP contribution is -1.87. The highest BCUT2D eigenvalue weighted by Crippen LogP contribution is 2.27. The van der Waals surface area contributed by atoms with Crippen molar-refractivity contribution >= 4 is 0 Å². The Hall–Kier alpha value is -2.34. The molecule has 0 aliphatic carbocycles. The van der Waals surface area contributed by atoms with Gasteiger partial charge in [-0.1, -0.05) is 6.07 Å². The first-order chi connectivity index (χ1) is 8.11. The van der Waals surface area contributed by atoms with Gasteiger partial charge in [0.15, 0.2) is 0 Å². The maximum atomic E-state index is 13.7. The Morgan fingerprint density at radius 3 is 2.59 bits per heavy atom. The van der Waals surface area contributed by atoms with Crippen LogP contribution in [0.4, 0.5) is 4.39 Å². The molecular weight excluding hydrogens is 217 g/mol. The topological polar surface area (TPSA) is 44.0 Å². The predicted octanol–water partition coefficient (Wildman–Crippen LogP) is 3.38. The van der Waals surface area contributed by atoms with E-state index in [4.69, 9.17) is 5.26 Å². The van der Waals surface area contributed by atoms with Crippen LogP contribution in [0.15, 0.2) is 36.4 Å². The van der Waals surface area contributed by atoms with Crippen LogP contribution in [-0.2, 0) is 0 Å². The Morgan fingerprint density at radius 2 is 1.94 bits per heavy atom. The molecule has 2 aromatic carbocycles. The number of phenolic OH excluding ortho intramolecular Hbond substituents is 1. The van der Waals surface area contributed by atoms with Crippen LogP contribution < -0.4 is 0 Å². The first-order valence-corrected chi connectivity index (χ1v) is 5.11. The third kappa shape index (κ3) is 2.11. The lowest BCUT2D eigenvalue weighted by atomic mass is 10.0. The summed E-state index contributed by atoms with van der Waals surface area (Å²) < 4.78 is 13.7. The van der Waals surface area contributed by atoms with Crippen molar-refractivity contribution in [2.45, 2.75) is 6.92 Å². The van der Waals surface area contributed by atoms with Crippen molar-refractivity contribution in [3.63, 3.8) is 0 Å². The lowest BCUT2D eigenvalue weighted by Gasteiger charge is -2.06. The van der Waals surface area contributed by atoms with Gasteiger partial charge in [-0.25, -0.2) is 4.39 Å². The number of nitrogens with zero attached hydrogens (tertiary/aromatic N) is 1. The number of halogens is 1. The van der Waals surface area contributed by atoms with E-state index in [2.05, 4.69) is 0 Å². The average Bonchev–Trinajstić information content (AvgIpc) is 2.33. The van der Waals surface area contributed by atoms with Gasteiger partial charge in [0.05, 0.1) is 11.6 Å². The summed E-state index contributed by atoms with van der Waals surface area (Å²) in [6.07, 6.45) is 0. The second kappa shape index (κ2) is 4.26. The van der Waals surface area contributed by atoms with Gasteiger partial charge in [-0.3, -0.25) is 0 Å². The highest BCUT2D eigenvalue weighted by atomic mass is 19.1. The molecular formula is C14H10FNO. The van der Waals surface area contributed by atoms with Gasteiger partial charge < -0.3 is 5.11 Å². The molecule has 3 heteroatoms. The Kier molecular flexibility index (Phi) is 2.80. The minimum absolute atomic E-state index is 0.172. The Balaban J connectivity index is 2.60. The van der Waals surface area contributed by atoms with Gasteiger partial charge in [-0.15, -0.1) is 0 Å². The van der Waals surface area contributed by atoms with Crippen LogP contribution in [0.25, 0.3) is 11.1 Å². The normalized spacial score (nSPS) is 9.94. The fourth-order valence-corrected chi connectivity index (χ4v) is 1.64. The zero-order chi connectivity index (χ0) is 12.4. The second-order valence-corrected chi connectivity index (χ2v) is 3.81. The van der Waals surface area contributed by atoms with Crippen molar-refractivity contribution in [3.05, 3.63) is 53.3 Å². The van der Waals surface area contributed by atoms with Crippen LogP contribution in [0.5, 0.6) is 5.75 Å². The number of hydrogen-bond acceptors (Lipinski definition) is 2. The number of phenols is 1. The van der Waals surface area contributed by atoms with Crippen LogP contribution >= 0.6 is 0 Å². The number of nitriles is 1. The molecule has 0 radical (unpaired) electrons. The van der Waals surface area contributed by atoms with Gasteiger partial charge in [0.1, 0.15) is 11.6 Å². The molecule has 2 aromatic rings. The van der Waals surface area contributed by atoms with Crippen molar-refractivity contribution in [3.8, 4) is 22.9 Å². The van der Waals surface area contributed by atoms with E-state index in [1.54, 1.807) is 19.1 Å². The molecule has 0 atom stereocenters. The molecule has 2 nitrogen and oxygen atoms in total. The van der Waals surface area contributed by atoms with Crippen molar-refractivity contribution in [2.24, 2.45) is 0 Å². The van der Waals surface area contributed by atoms with E-state index in [0.717, 1.165) is 0 Å². The van der Waals surface area contributed by atoms with E-state index in [9.17, 15) is 9.50 Å². The van der Waals surface area contributed by atoms with Gasteiger partial charge in [0.2, 0.25) is 0 Å². The van der Waals surface area contributed by atoms with E-state index in [0.29, 0.717) is 22.3 Å². The Labute approximate surface area is 98.6 Å². The summed E-state index contributed by atoms with van der Waals surface area (Å²) >= 11 is 0. The van der Waals surface area contributed by atoms with Crippen molar-refractivity contribution in [2.75, 3.05) is 0 Å². The molecule has 0 aliphatic heterocycles. The summed E-state index contributed by atoms with van der Waals surface area (Å²) in [4.78, 5) is 0. The van der Waals surface area contributed by atoms with Crippen LogP contribution in [0.1, 0.15) is 11.1 Å². The van der Waals surface area contributed by atoms with Crippen molar-refractivity contribution < 1.29 is 9.50 Å². The summed E-state index contributed by atoms with van der Waals surface area (Å²) in [7, 11) is 0. The molecule has 17 heavy (non-hydrogen) atoms. The monoisotopic (exact) mass is 227 g/mol. The Bertz CT molecular complexity index is 614. The summed E-state index contributed by atoms with van der Waals surface area (Å²) in [5.41, 5.74) is 2.10. The molecule has 84 valence electrons. The highest BCUT2D eigenvalue weighted by molar-refractivity contribution is 5.67. The van der Waals surface area contributed by atoms with Gasteiger partial charge in [0, 0.05) is 5.56 Å². The minimum atomic E-state index is -0.380. The second-order valence-electron chi connectivity index (χ2n) is 3.81. The van der Waals surface area contributed by atoms with Gasteiger partial charge in [-0.05, 0) is 48.4 Å².